The van der Waals surface area contributed by atoms with Crippen LogP contribution in [0.5, 0.6) is 0 Å². The third kappa shape index (κ3) is 6.51. The number of benzene rings is 1. The van der Waals surface area contributed by atoms with Gasteiger partial charge in [0.25, 0.3) is 0 Å². The molecule has 156 valence electrons. The summed E-state index contributed by atoms with van der Waals surface area (Å²) in [6.07, 6.45) is 3.59. The molecule has 0 aliphatic carbocycles. The first-order chi connectivity index (χ1) is 13.4. The van der Waals surface area contributed by atoms with E-state index in [1.165, 1.54) is 11.1 Å². The predicted octanol–water partition coefficient (Wildman–Crippen LogP) is 3.22. The normalized spacial score (nSPS) is 16.7. The number of amides is 3. The van der Waals surface area contributed by atoms with Crippen molar-refractivity contribution in [2.24, 2.45) is 0 Å². The number of nitrogens with one attached hydrogen (secondary N) is 2. The van der Waals surface area contributed by atoms with Crippen molar-refractivity contribution in [3.8, 4) is 0 Å². The van der Waals surface area contributed by atoms with Crippen LogP contribution in [0, 0.1) is 13.8 Å². The Kier molecular flexibility index (Phi) is 8.77. The highest BCUT2D eigenvalue weighted by Crippen LogP contribution is 2.24. The second-order valence-corrected chi connectivity index (χ2v) is 7.77. The van der Waals surface area contributed by atoms with Crippen molar-refractivity contribution >= 4 is 17.6 Å². The van der Waals surface area contributed by atoms with Crippen LogP contribution in [0.2, 0.25) is 0 Å². The third-order valence-corrected chi connectivity index (χ3v) is 5.28. The van der Waals surface area contributed by atoms with Crippen LogP contribution in [-0.4, -0.2) is 55.6 Å². The first-order valence-electron chi connectivity index (χ1n) is 10.6. The molecule has 1 aliphatic rings. The van der Waals surface area contributed by atoms with Crippen molar-refractivity contribution in [3.05, 3.63) is 29.3 Å². The van der Waals surface area contributed by atoms with E-state index in [-0.39, 0.29) is 18.0 Å². The lowest BCUT2D eigenvalue weighted by Crippen LogP contribution is -2.44. The molecule has 2 N–H and O–H groups in total. The van der Waals surface area contributed by atoms with Gasteiger partial charge in [0.1, 0.15) is 0 Å². The largest absolute Gasteiger partial charge is 0.338 e. The number of carbonyl (C=O) groups excluding carboxylic acids is 2. The Morgan fingerprint density at radius 3 is 2.50 bits per heavy atom. The maximum absolute atomic E-state index is 12.4. The molecule has 6 nitrogen and oxygen atoms in total. The van der Waals surface area contributed by atoms with Crippen LogP contribution in [0.15, 0.2) is 18.2 Å². The molecule has 0 saturated carbocycles. The summed E-state index contributed by atoms with van der Waals surface area (Å²) in [5, 5.41) is 5.88. The van der Waals surface area contributed by atoms with E-state index in [0.29, 0.717) is 19.5 Å². The van der Waals surface area contributed by atoms with Crippen molar-refractivity contribution in [1.29, 1.82) is 0 Å². The standard InChI is InChI=1S/C22H36N4O2/c1-5-11-25(12-6-2)13-7-10-23-22(28)24-19-15-21(27)26(16-19)20-9-8-17(3)18(4)14-20/h8-9,14,19H,5-7,10-13,15-16H2,1-4H3,(H2,23,24,28)/t19-/m1/s1. The summed E-state index contributed by atoms with van der Waals surface area (Å²) in [4.78, 5) is 28.8. The molecule has 1 heterocycles. The highest BCUT2D eigenvalue weighted by atomic mass is 16.2. The first kappa shape index (κ1) is 22.2. The van der Waals surface area contributed by atoms with Crippen molar-refractivity contribution < 1.29 is 9.59 Å². The lowest BCUT2D eigenvalue weighted by molar-refractivity contribution is -0.117. The van der Waals surface area contributed by atoms with Crippen LogP contribution < -0.4 is 15.5 Å². The van der Waals surface area contributed by atoms with E-state index in [1.807, 2.05) is 25.1 Å². The number of anilines is 1. The van der Waals surface area contributed by atoms with Crippen molar-refractivity contribution in [2.45, 2.75) is 59.4 Å². The van der Waals surface area contributed by atoms with E-state index in [2.05, 4.69) is 36.3 Å². The summed E-state index contributed by atoms with van der Waals surface area (Å²) >= 11 is 0. The smallest absolute Gasteiger partial charge is 0.315 e. The molecule has 28 heavy (non-hydrogen) atoms. The molecule has 1 atom stereocenters. The number of hydrogen-bond donors (Lipinski definition) is 2. The molecule has 0 radical (unpaired) electrons. The minimum Gasteiger partial charge on any atom is -0.338 e. The first-order valence-corrected chi connectivity index (χ1v) is 10.6. The van der Waals surface area contributed by atoms with E-state index < -0.39 is 0 Å². The van der Waals surface area contributed by atoms with Crippen LogP contribution in [0.25, 0.3) is 0 Å². The Bertz CT molecular complexity index is 656. The Morgan fingerprint density at radius 1 is 1.14 bits per heavy atom. The van der Waals surface area contributed by atoms with Gasteiger partial charge in [0.2, 0.25) is 5.91 Å². The number of carbonyl (C=O) groups is 2. The fourth-order valence-corrected chi connectivity index (χ4v) is 3.66. The molecule has 6 heteroatoms. The maximum Gasteiger partial charge on any atom is 0.315 e. The summed E-state index contributed by atoms with van der Waals surface area (Å²) < 4.78 is 0. The van der Waals surface area contributed by atoms with Crippen molar-refractivity contribution in [3.63, 3.8) is 0 Å². The quantitative estimate of drug-likeness (QED) is 0.605. The maximum atomic E-state index is 12.4. The zero-order valence-electron chi connectivity index (χ0n) is 17.9. The molecular weight excluding hydrogens is 352 g/mol. The van der Waals surface area contributed by atoms with Gasteiger partial charge in [-0.05, 0) is 76.0 Å². The molecule has 1 aliphatic heterocycles. The number of aryl methyl sites for hydroxylation is 2. The topological polar surface area (TPSA) is 64.7 Å². The number of hydrogen-bond acceptors (Lipinski definition) is 3. The molecular formula is C22H36N4O2. The average Bonchev–Trinajstić information content (AvgIpc) is 3.01. The van der Waals surface area contributed by atoms with Crippen LogP contribution >= 0.6 is 0 Å². The van der Waals surface area contributed by atoms with Gasteiger partial charge >= 0.3 is 6.03 Å². The van der Waals surface area contributed by atoms with Crippen LogP contribution in [0.4, 0.5) is 10.5 Å². The van der Waals surface area contributed by atoms with E-state index >= 15 is 0 Å². The fourth-order valence-electron chi connectivity index (χ4n) is 3.66. The van der Waals surface area contributed by atoms with Gasteiger partial charge < -0.3 is 20.4 Å². The lowest BCUT2D eigenvalue weighted by Gasteiger charge is -2.21. The zero-order chi connectivity index (χ0) is 20.5. The Hall–Kier alpha value is -2.08. The van der Waals surface area contributed by atoms with Crippen molar-refractivity contribution in [2.75, 3.05) is 37.6 Å². The summed E-state index contributed by atoms with van der Waals surface area (Å²) in [5.74, 6) is 0.0586. The minimum absolute atomic E-state index is 0.0586. The summed E-state index contributed by atoms with van der Waals surface area (Å²) in [5.41, 5.74) is 3.28. The summed E-state index contributed by atoms with van der Waals surface area (Å²) in [6.45, 7) is 12.9. The summed E-state index contributed by atoms with van der Waals surface area (Å²) in [6, 6.07) is 5.71. The van der Waals surface area contributed by atoms with E-state index in [4.69, 9.17) is 0 Å². The molecule has 2 rings (SSSR count). The Labute approximate surface area is 169 Å². The van der Waals surface area contributed by atoms with Gasteiger partial charge in [-0.15, -0.1) is 0 Å². The van der Waals surface area contributed by atoms with Gasteiger partial charge in [0.05, 0.1) is 6.04 Å². The Morgan fingerprint density at radius 2 is 1.86 bits per heavy atom. The third-order valence-electron chi connectivity index (χ3n) is 5.28. The van der Waals surface area contributed by atoms with Gasteiger partial charge in [-0.25, -0.2) is 4.79 Å². The second kappa shape index (κ2) is 11.1. The molecule has 0 unspecified atom stereocenters. The molecule has 1 aromatic carbocycles. The highest BCUT2D eigenvalue weighted by Gasteiger charge is 2.31. The number of nitrogens with zero attached hydrogens (tertiary/aromatic N) is 2. The average molecular weight is 389 g/mol. The molecule has 0 bridgehead atoms. The van der Waals surface area contributed by atoms with Gasteiger partial charge in [0.15, 0.2) is 0 Å². The SMILES string of the molecule is CCCN(CCC)CCCNC(=O)N[C@@H]1CC(=O)N(c2ccc(C)c(C)c2)C1. The molecule has 0 spiro atoms. The van der Waals surface area contributed by atoms with Crippen LogP contribution in [0.1, 0.15) is 50.7 Å². The van der Waals surface area contributed by atoms with Gasteiger partial charge in [-0.2, -0.15) is 0 Å². The molecule has 1 aromatic rings. The zero-order valence-corrected chi connectivity index (χ0v) is 17.9. The fraction of sp³-hybridized carbons (Fsp3) is 0.636. The van der Waals surface area contributed by atoms with Gasteiger partial charge in [-0.3, -0.25) is 4.79 Å². The van der Waals surface area contributed by atoms with Gasteiger partial charge in [-0.1, -0.05) is 19.9 Å². The molecule has 1 fully saturated rings. The highest BCUT2D eigenvalue weighted by molar-refractivity contribution is 5.96. The predicted molar refractivity (Wildman–Crippen MR) is 115 cm³/mol. The minimum atomic E-state index is -0.183. The van der Waals surface area contributed by atoms with Crippen LogP contribution in [0.3, 0.4) is 0 Å². The monoisotopic (exact) mass is 388 g/mol. The number of urea groups is 1. The van der Waals surface area contributed by atoms with E-state index in [1.54, 1.807) is 4.90 Å². The Balaban J connectivity index is 1.74. The van der Waals surface area contributed by atoms with Crippen LogP contribution in [-0.2, 0) is 4.79 Å². The molecule has 3 amide bonds. The molecule has 1 saturated heterocycles. The van der Waals surface area contributed by atoms with E-state index in [0.717, 1.165) is 44.6 Å². The number of rotatable bonds is 10. The van der Waals surface area contributed by atoms with E-state index in [9.17, 15) is 9.59 Å². The lowest BCUT2D eigenvalue weighted by atomic mass is 10.1. The second-order valence-electron chi connectivity index (χ2n) is 7.77. The molecule has 0 aromatic heterocycles. The summed E-state index contributed by atoms with van der Waals surface area (Å²) in [7, 11) is 0. The van der Waals surface area contributed by atoms with Gasteiger partial charge in [0, 0.05) is 25.2 Å². The van der Waals surface area contributed by atoms with Crippen molar-refractivity contribution in [1.82, 2.24) is 15.5 Å².